The highest BCUT2D eigenvalue weighted by molar-refractivity contribution is 5.93. The van der Waals surface area contributed by atoms with Gasteiger partial charge in [0.05, 0.1) is 18.2 Å². The Morgan fingerprint density at radius 1 is 1.17 bits per heavy atom. The summed E-state index contributed by atoms with van der Waals surface area (Å²) in [6.45, 7) is 6.24. The van der Waals surface area contributed by atoms with E-state index in [0.29, 0.717) is 18.5 Å². The molecule has 30 heavy (non-hydrogen) atoms. The Morgan fingerprint density at radius 3 is 2.50 bits per heavy atom. The van der Waals surface area contributed by atoms with Crippen LogP contribution in [0, 0.1) is 0 Å². The van der Waals surface area contributed by atoms with Crippen molar-refractivity contribution in [2.24, 2.45) is 5.73 Å². The summed E-state index contributed by atoms with van der Waals surface area (Å²) in [7, 11) is 0. The minimum Gasteiger partial charge on any atom is -0.369 e. The highest BCUT2D eigenvalue weighted by Gasteiger charge is 2.35. The van der Waals surface area contributed by atoms with Gasteiger partial charge in [-0.2, -0.15) is 0 Å². The Hall–Kier alpha value is -2.18. The monoisotopic (exact) mass is 415 g/mol. The maximum Gasteiger partial charge on any atom is 0.247 e. The fraction of sp³-hybridized carbons (Fsp3) is 0.583. The van der Waals surface area contributed by atoms with Gasteiger partial charge in [-0.25, -0.2) is 0 Å². The molecular formula is C24H37N3O3. The molecule has 0 spiro atoms. The van der Waals surface area contributed by atoms with Gasteiger partial charge >= 0.3 is 0 Å². The second-order valence-corrected chi connectivity index (χ2v) is 8.02. The van der Waals surface area contributed by atoms with Crippen molar-refractivity contribution in [3.05, 3.63) is 47.5 Å². The zero-order valence-electron chi connectivity index (χ0n) is 18.5. The minimum atomic E-state index is -0.401. The molecule has 6 nitrogen and oxygen atoms in total. The number of rotatable bonds is 11. The average Bonchev–Trinajstić information content (AvgIpc) is 2.74. The molecule has 2 amide bonds. The van der Waals surface area contributed by atoms with Crippen LogP contribution in [0.2, 0.25) is 0 Å². The smallest absolute Gasteiger partial charge is 0.247 e. The second kappa shape index (κ2) is 12.5. The molecule has 1 aliphatic rings. The number of benzene rings is 1. The van der Waals surface area contributed by atoms with E-state index in [0.717, 1.165) is 32.1 Å². The summed E-state index contributed by atoms with van der Waals surface area (Å²) in [5.74, 6) is -0.238. The SMILES string of the molecule is CCC(CC)O[C@@H]1C=C(C(=O)NCCCCc2ccccc2)C[C@H](N)[C@H]1NC(C)=O. The lowest BCUT2D eigenvalue weighted by Crippen LogP contribution is -2.57. The van der Waals surface area contributed by atoms with Crippen molar-refractivity contribution >= 4 is 11.8 Å². The summed E-state index contributed by atoms with van der Waals surface area (Å²) in [4.78, 5) is 24.3. The highest BCUT2D eigenvalue weighted by Crippen LogP contribution is 2.23. The number of ether oxygens (including phenoxy) is 1. The van der Waals surface area contributed by atoms with Crippen LogP contribution in [-0.4, -0.2) is 42.7 Å². The molecule has 1 aliphatic carbocycles. The predicted molar refractivity (Wildman–Crippen MR) is 120 cm³/mol. The van der Waals surface area contributed by atoms with Crippen molar-refractivity contribution in [3.8, 4) is 0 Å². The number of amides is 2. The Bertz CT molecular complexity index is 701. The molecule has 0 aliphatic heterocycles. The third kappa shape index (κ3) is 7.58. The largest absolute Gasteiger partial charge is 0.369 e. The third-order valence-corrected chi connectivity index (χ3v) is 5.58. The third-order valence-electron chi connectivity index (χ3n) is 5.58. The van der Waals surface area contributed by atoms with Crippen LogP contribution in [0.5, 0.6) is 0 Å². The molecule has 1 aromatic carbocycles. The van der Waals surface area contributed by atoms with Gasteiger partial charge in [-0.1, -0.05) is 44.2 Å². The first-order valence-corrected chi connectivity index (χ1v) is 11.2. The Morgan fingerprint density at radius 2 is 1.87 bits per heavy atom. The zero-order chi connectivity index (χ0) is 21.9. The van der Waals surface area contributed by atoms with Crippen molar-refractivity contribution in [3.63, 3.8) is 0 Å². The first kappa shape index (κ1) is 24.1. The molecule has 0 bridgehead atoms. The summed E-state index contributed by atoms with van der Waals surface area (Å²) < 4.78 is 6.19. The lowest BCUT2D eigenvalue weighted by atomic mass is 9.87. The van der Waals surface area contributed by atoms with Gasteiger partial charge in [0, 0.05) is 25.1 Å². The number of aryl methyl sites for hydroxylation is 1. The van der Waals surface area contributed by atoms with Gasteiger partial charge in [0.15, 0.2) is 0 Å². The van der Waals surface area contributed by atoms with E-state index in [9.17, 15) is 9.59 Å². The van der Waals surface area contributed by atoms with E-state index in [-0.39, 0.29) is 30.0 Å². The van der Waals surface area contributed by atoms with Gasteiger partial charge < -0.3 is 21.1 Å². The standard InChI is InChI=1S/C24H37N3O3/c1-4-20(5-2)30-22-16-19(15-21(25)23(22)27-17(3)28)24(29)26-14-10-9-13-18-11-7-6-8-12-18/h6-8,11-12,16,20-23H,4-5,9-10,13-15,25H2,1-3H3,(H,26,29)(H,27,28)/t21-,22+,23+/m0/s1. The van der Waals surface area contributed by atoms with Gasteiger partial charge in [0.2, 0.25) is 11.8 Å². The molecule has 0 fully saturated rings. The van der Waals surface area contributed by atoms with E-state index < -0.39 is 6.10 Å². The number of unbranched alkanes of at least 4 members (excludes halogenated alkanes) is 1. The second-order valence-electron chi connectivity index (χ2n) is 8.02. The molecule has 2 rings (SSSR count). The van der Waals surface area contributed by atoms with Crippen molar-refractivity contribution < 1.29 is 14.3 Å². The summed E-state index contributed by atoms with van der Waals surface area (Å²) in [6, 6.07) is 9.66. The van der Waals surface area contributed by atoms with Crippen LogP contribution in [0.1, 0.15) is 58.4 Å². The van der Waals surface area contributed by atoms with Crippen LogP contribution >= 0.6 is 0 Å². The fourth-order valence-corrected chi connectivity index (χ4v) is 3.83. The van der Waals surface area contributed by atoms with E-state index in [1.165, 1.54) is 12.5 Å². The van der Waals surface area contributed by atoms with Crippen LogP contribution in [0.15, 0.2) is 42.0 Å². The summed E-state index contributed by atoms with van der Waals surface area (Å²) in [5.41, 5.74) is 8.29. The van der Waals surface area contributed by atoms with Crippen LogP contribution in [-0.2, 0) is 20.7 Å². The van der Waals surface area contributed by atoms with Gasteiger partial charge in [-0.15, -0.1) is 0 Å². The molecule has 4 N–H and O–H groups in total. The van der Waals surface area contributed by atoms with Crippen molar-refractivity contribution in [2.75, 3.05) is 6.54 Å². The molecule has 6 heteroatoms. The molecule has 0 heterocycles. The first-order valence-electron chi connectivity index (χ1n) is 11.2. The topological polar surface area (TPSA) is 93.4 Å². The lowest BCUT2D eigenvalue weighted by Gasteiger charge is -2.36. The number of hydrogen-bond donors (Lipinski definition) is 3. The minimum absolute atomic E-state index is 0.0649. The summed E-state index contributed by atoms with van der Waals surface area (Å²) in [6.07, 6.45) is 6.61. The maximum atomic E-state index is 12.7. The maximum absolute atomic E-state index is 12.7. The van der Waals surface area contributed by atoms with Crippen LogP contribution in [0.25, 0.3) is 0 Å². The number of carbonyl (C=O) groups excluding carboxylic acids is 2. The van der Waals surface area contributed by atoms with Crippen molar-refractivity contribution in [1.29, 1.82) is 0 Å². The van der Waals surface area contributed by atoms with E-state index in [1.807, 2.05) is 24.3 Å². The van der Waals surface area contributed by atoms with Gasteiger partial charge in [0.25, 0.3) is 0 Å². The zero-order valence-corrected chi connectivity index (χ0v) is 18.5. The number of hydrogen-bond acceptors (Lipinski definition) is 4. The molecule has 0 saturated carbocycles. The van der Waals surface area contributed by atoms with E-state index in [4.69, 9.17) is 10.5 Å². The van der Waals surface area contributed by atoms with Gasteiger partial charge in [-0.3, -0.25) is 9.59 Å². The van der Waals surface area contributed by atoms with E-state index >= 15 is 0 Å². The molecule has 166 valence electrons. The Kier molecular flexibility index (Phi) is 10.0. The number of carbonyl (C=O) groups is 2. The normalized spacial score (nSPS) is 21.2. The average molecular weight is 416 g/mol. The van der Waals surface area contributed by atoms with Crippen LogP contribution in [0.3, 0.4) is 0 Å². The Labute approximate surface area is 180 Å². The van der Waals surface area contributed by atoms with Gasteiger partial charge in [-0.05, 0) is 50.2 Å². The summed E-state index contributed by atoms with van der Waals surface area (Å²) >= 11 is 0. The molecular weight excluding hydrogens is 378 g/mol. The number of nitrogens with two attached hydrogens (primary N) is 1. The van der Waals surface area contributed by atoms with Crippen molar-refractivity contribution in [1.82, 2.24) is 10.6 Å². The lowest BCUT2D eigenvalue weighted by molar-refractivity contribution is -0.121. The summed E-state index contributed by atoms with van der Waals surface area (Å²) in [5, 5.41) is 5.92. The van der Waals surface area contributed by atoms with E-state index in [2.05, 4.69) is 36.6 Å². The molecule has 3 atom stereocenters. The van der Waals surface area contributed by atoms with E-state index in [1.54, 1.807) is 0 Å². The van der Waals surface area contributed by atoms with Gasteiger partial charge in [0.1, 0.15) is 0 Å². The predicted octanol–water partition coefficient (Wildman–Crippen LogP) is 2.86. The molecule has 0 saturated heterocycles. The fourth-order valence-electron chi connectivity index (χ4n) is 3.83. The quantitative estimate of drug-likeness (QED) is 0.485. The molecule has 0 aromatic heterocycles. The van der Waals surface area contributed by atoms with Crippen LogP contribution < -0.4 is 16.4 Å². The number of nitrogens with one attached hydrogen (secondary N) is 2. The highest BCUT2D eigenvalue weighted by atomic mass is 16.5. The van der Waals surface area contributed by atoms with Crippen molar-refractivity contribution in [2.45, 2.75) is 83.6 Å². The molecule has 1 aromatic rings. The first-order chi connectivity index (χ1) is 14.4. The molecule has 0 unspecified atom stereocenters. The molecule has 0 radical (unpaired) electrons. The van der Waals surface area contributed by atoms with Crippen LogP contribution in [0.4, 0.5) is 0 Å². The Balaban J connectivity index is 1.91.